The summed E-state index contributed by atoms with van der Waals surface area (Å²) in [6, 6.07) is 0. The smallest absolute Gasteiger partial charge is 0.0107 e. The van der Waals surface area contributed by atoms with Gasteiger partial charge in [-0.2, -0.15) is 0 Å². The highest BCUT2D eigenvalue weighted by molar-refractivity contribution is 4.68. The lowest BCUT2D eigenvalue weighted by atomic mass is 10.2. The van der Waals surface area contributed by atoms with Crippen molar-refractivity contribution in [2.45, 2.75) is 38.5 Å². The predicted octanol–water partition coefficient (Wildman–Crippen LogP) is 1.55. The Bertz CT molecular complexity index is 182. The topological polar surface area (TPSA) is 18.5 Å². The average molecular weight is 239 g/mol. The minimum atomic E-state index is 1.19. The maximum Gasteiger partial charge on any atom is 0.0107 e. The molecule has 0 aromatic carbocycles. The molecule has 3 heteroatoms. The van der Waals surface area contributed by atoms with E-state index < -0.39 is 0 Å². The minimum Gasteiger partial charge on any atom is -0.314 e. The van der Waals surface area contributed by atoms with E-state index >= 15 is 0 Å². The van der Waals surface area contributed by atoms with Crippen molar-refractivity contribution < 1.29 is 0 Å². The number of unbranched alkanes of at least 4 members (excludes halogenated alkanes) is 1. The lowest BCUT2D eigenvalue weighted by molar-refractivity contribution is 0.224. The summed E-state index contributed by atoms with van der Waals surface area (Å²) >= 11 is 0. The maximum atomic E-state index is 3.41. The van der Waals surface area contributed by atoms with Gasteiger partial charge >= 0.3 is 0 Å². The van der Waals surface area contributed by atoms with Crippen LogP contribution in [-0.4, -0.2) is 62.2 Å². The standard InChI is InChI=1S/C14H29N3/c1-2-4-10-16(9-3-1)11-5-6-12-17-13-7-15-8-14-17/h15H,1-14H2. The van der Waals surface area contributed by atoms with Gasteiger partial charge in [0.1, 0.15) is 0 Å². The molecule has 0 aromatic heterocycles. The van der Waals surface area contributed by atoms with Crippen LogP contribution in [0.1, 0.15) is 38.5 Å². The molecule has 0 unspecified atom stereocenters. The van der Waals surface area contributed by atoms with Gasteiger partial charge in [0.2, 0.25) is 0 Å². The van der Waals surface area contributed by atoms with Gasteiger partial charge in [-0.3, -0.25) is 0 Å². The molecule has 100 valence electrons. The molecule has 0 amide bonds. The summed E-state index contributed by atoms with van der Waals surface area (Å²) in [4.78, 5) is 5.30. The maximum absolute atomic E-state index is 3.41. The molecule has 3 nitrogen and oxygen atoms in total. The van der Waals surface area contributed by atoms with Crippen molar-refractivity contribution in [3.63, 3.8) is 0 Å². The molecule has 0 radical (unpaired) electrons. The Hall–Kier alpha value is -0.120. The van der Waals surface area contributed by atoms with E-state index in [0.29, 0.717) is 0 Å². The van der Waals surface area contributed by atoms with Gasteiger partial charge in [-0.15, -0.1) is 0 Å². The van der Waals surface area contributed by atoms with Gasteiger partial charge in [-0.1, -0.05) is 12.8 Å². The van der Waals surface area contributed by atoms with Crippen LogP contribution in [-0.2, 0) is 0 Å². The van der Waals surface area contributed by atoms with Crippen LogP contribution in [0.2, 0.25) is 0 Å². The number of rotatable bonds is 5. The van der Waals surface area contributed by atoms with Crippen LogP contribution in [0.4, 0.5) is 0 Å². The fourth-order valence-corrected chi connectivity index (χ4v) is 2.97. The quantitative estimate of drug-likeness (QED) is 0.734. The predicted molar refractivity (Wildman–Crippen MR) is 73.5 cm³/mol. The van der Waals surface area contributed by atoms with Crippen LogP contribution in [0, 0.1) is 0 Å². The number of nitrogens with zero attached hydrogens (tertiary/aromatic N) is 2. The zero-order valence-corrected chi connectivity index (χ0v) is 11.3. The first-order valence-corrected chi connectivity index (χ1v) is 7.60. The highest BCUT2D eigenvalue weighted by Crippen LogP contribution is 2.10. The Kier molecular flexibility index (Phi) is 6.32. The van der Waals surface area contributed by atoms with E-state index in [1.807, 2.05) is 0 Å². The molecule has 0 spiro atoms. The van der Waals surface area contributed by atoms with E-state index in [1.54, 1.807) is 0 Å². The van der Waals surface area contributed by atoms with Gasteiger partial charge in [0.05, 0.1) is 0 Å². The summed E-state index contributed by atoms with van der Waals surface area (Å²) in [6.45, 7) is 10.2. The van der Waals surface area contributed by atoms with E-state index in [-0.39, 0.29) is 0 Å². The average Bonchev–Trinajstić information content (AvgIpc) is 2.65. The molecule has 17 heavy (non-hydrogen) atoms. The van der Waals surface area contributed by atoms with Crippen LogP contribution in [0.5, 0.6) is 0 Å². The zero-order chi connectivity index (χ0) is 11.8. The van der Waals surface area contributed by atoms with Gasteiger partial charge in [0, 0.05) is 26.2 Å². The molecule has 0 aromatic rings. The Morgan fingerprint density at radius 2 is 1.18 bits per heavy atom. The molecule has 2 fully saturated rings. The molecule has 2 rings (SSSR count). The second-order valence-electron chi connectivity index (χ2n) is 5.55. The fraction of sp³-hybridized carbons (Fsp3) is 1.00. The van der Waals surface area contributed by atoms with Gasteiger partial charge in [-0.25, -0.2) is 0 Å². The van der Waals surface area contributed by atoms with Crippen LogP contribution >= 0.6 is 0 Å². The van der Waals surface area contributed by atoms with E-state index in [2.05, 4.69) is 15.1 Å². The highest BCUT2D eigenvalue weighted by atomic mass is 15.2. The number of nitrogens with one attached hydrogen (secondary N) is 1. The molecule has 0 aliphatic carbocycles. The van der Waals surface area contributed by atoms with E-state index in [4.69, 9.17) is 0 Å². The Labute approximate surface area is 107 Å². The second-order valence-corrected chi connectivity index (χ2v) is 5.55. The van der Waals surface area contributed by atoms with Gasteiger partial charge in [-0.05, 0) is 51.9 Å². The van der Waals surface area contributed by atoms with Gasteiger partial charge in [0.25, 0.3) is 0 Å². The fourth-order valence-electron chi connectivity index (χ4n) is 2.97. The normalized spacial score (nSPS) is 24.7. The Balaban J connectivity index is 1.49. The molecule has 2 aliphatic heterocycles. The third-order valence-corrected chi connectivity index (χ3v) is 4.11. The van der Waals surface area contributed by atoms with Crippen molar-refractivity contribution in [2.24, 2.45) is 0 Å². The second kappa shape index (κ2) is 8.06. The van der Waals surface area contributed by atoms with Crippen LogP contribution in [0.15, 0.2) is 0 Å². The summed E-state index contributed by atoms with van der Waals surface area (Å²) in [5.41, 5.74) is 0. The highest BCUT2D eigenvalue weighted by Gasteiger charge is 2.10. The van der Waals surface area contributed by atoms with Crippen LogP contribution in [0.3, 0.4) is 0 Å². The number of piperazine rings is 1. The molecular formula is C14H29N3. The molecule has 0 atom stereocenters. The lowest BCUT2D eigenvalue weighted by Gasteiger charge is -2.27. The molecule has 2 saturated heterocycles. The van der Waals surface area contributed by atoms with Crippen molar-refractivity contribution >= 4 is 0 Å². The van der Waals surface area contributed by atoms with Gasteiger partial charge in [0.15, 0.2) is 0 Å². The molecule has 2 aliphatic rings. The number of hydrogen-bond donors (Lipinski definition) is 1. The van der Waals surface area contributed by atoms with E-state index in [9.17, 15) is 0 Å². The van der Waals surface area contributed by atoms with E-state index in [0.717, 1.165) is 0 Å². The van der Waals surface area contributed by atoms with Crippen LogP contribution in [0.25, 0.3) is 0 Å². The molecule has 0 saturated carbocycles. The molecule has 1 N–H and O–H groups in total. The minimum absolute atomic E-state index is 1.19. The van der Waals surface area contributed by atoms with Crippen molar-refractivity contribution in [1.82, 2.24) is 15.1 Å². The SMILES string of the molecule is C1CCCN(CCCCN2CCNCC2)CC1. The van der Waals surface area contributed by atoms with Crippen molar-refractivity contribution in [2.75, 3.05) is 52.4 Å². The van der Waals surface area contributed by atoms with Crippen LogP contribution < -0.4 is 5.32 Å². The summed E-state index contributed by atoms with van der Waals surface area (Å²) < 4.78 is 0. The summed E-state index contributed by atoms with van der Waals surface area (Å²) in [5, 5.41) is 3.41. The summed E-state index contributed by atoms with van der Waals surface area (Å²) in [6.07, 6.45) is 8.55. The molecular weight excluding hydrogens is 210 g/mol. The Morgan fingerprint density at radius 1 is 0.647 bits per heavy atom. The zero-order valence-electron chi connectivity index (χ0n) is 11.3. The monoisotopic (exact) mass is 239 g/mol. The summed E-state index contributed by atoms with van der Waals surface area (Å²) in [5.74, 6) is 0. The van der Waals surface area contributed by atoms with Gasteiger partial charge < -0.3 is 15.1 Å². The first-order valence-electron chi connectivity index (χ1n) is 7.60. The number of likely N-dealkylation sites (tertiary alicyclic amines) is 1. The first-order chi connectivity index (χ1) is 8.45. The van der Waals surface area contributed by atoms with Crippen molar-refractivity contribution in [3.8, 4) is 0 Å². The number of hydrogen-bond acceptors (Lipinski definition) is 3. The largest absolute Gasteiger partial charge is 0.314 e. The third-order valence-electron chi connectivity index (χ3n) is 4.11. The van der Waals surface area contributed by atoms with Crippen molar-refractivity contribution in [1.29, 1.82) is 0 Å². The third kappa shape index (κ3) is 5.36. The van der Waals surface area contributed by atoms with E-state index in [1.165, 1.54) is 90.9 Å². The molecule has 2 heterocycles. The van der Waals surface area contributed by atoms with Crippen molar-refractivity contribution in [3.05, 3.63) is 0 Å². The summed E-state index contributed by atoms with van der Waals surface area (Å²) in [7, 11) is 0. The lowest BCUT2D eigenvalue weighted by Crippen LogP contribution is -2.43. The Morgan fingerprint density at radius 3 is 1.76 bits per heavy atom. The molecule has 0 bridgehead atoms. The first kappa shape index (κ1) is 13.3.